The van der Waals surface area contributed by atoms with E-state index in [1.54, 1.807) is 7.11 Å². The fourth-order valence-corrected chi connectivity index (χ4v) is 3.72. The fraction of sp³-hybridized carbons (Fsp3) is 0.304. The van der Waals surface area contributed by atoms with Crippen molar-refractivity contribution in [3.05, 3.63) is 65.5 Å². The lowest BCUT2D eigenvalue weighted by Crippen LogP contribution is -2.15. The average Bonchev–Trinajstić information content (AvgIpc) is 2.90. The number of carbonyl (C=O) groups excluding carboxylic acids is 1. The molecule has 2 aromatic carbocycles. The molecular formula is C23H25N3O2. The topological polar surface area (TPSA) is 56.1 Å². The number of nitrogens with zero attached hydrogens (tertiary/aromatic N) is 2. The van der Waals surface area contributed by atoms with Gasteiger partial charge in [-0.15, -0.1) is 0 Å². The summed E-state index contributed by atoms with van der Waals surface area (Å²) >= 11 is 0. The zero-order valence-electron chi connectivity index (χ0n) is 16.4. The molecule has 4 rings (SSSR count). The van der Waals surface area contributed by atoms with E-state index in [1.807, 2.05) is 24.3 Å². The third-order valence-electron chi connectivity index (χ3n) is 5.22. The first kappa shape index (κ1) is 18.3. The number of aromatic nitrogens is 2. The van der Waals surface area contributed by atoms with Crippen LogP contribution in [-0.4, -0.2) is 22.6 Å². The van der Waals surface area contributed by atoms with Gasteiger partial charge in [0.15, 0.2) is 0 Å². The molecule has 5 nitrogen and oxygen atoms in total. The second kappa shape index (κ2) is 7.89. The second-order valence-corrected chi connectivity index (χ2v) is 7.25. The number of amides is 1. The van der Waals surface area contributed by atoms with Crippen LogP contribution in [0.25, 0.3) is 11.4 Å². The van der Waals surface area contributed by atoms with Crippen molar-refractivity contribution < 1.29 is 9.53 Å². The van der Waals surface area contributed by atoms with E-state index in [2.05, 4.69) is 41.1 Å². The maximum absolute atomic E-state index is 13.1. The first-order chi connectivity index (χ1) is 13.7. The summed E-state index contributed by atoms with van der Waals surface area (Å²) in [5.41, 5.74) is 4.53. The summed E-state index contributed by atoms with van der Waals surface area (Å²) in [5, 5.41) is 2.98. The third kappa shape index (κ3) is 3.65. The number of carbonyl (C=O) groups is 1. The van der Waals surface area contributed by atoms with Crippen LogP contribution in [0.1, 0.15) is 41.0 Å². The molecule has 3 aromatic rings. The van der Waals surface area contributed by atoms with Gasteiger partial charge in [0.2, 0.25) is 0 Å². The molecule has 0 unspecified atom stereocenters. The van der Waals surface area contributed by atoms with Crippen molar-refractivity contribution in [1.29, 1.82) is 0 Å². The fourth-order valence-electron chi connectivity index (χ4n) is 3.72. The van der Waals surface area contributed by atoms with Crippen molar-refractivity contribution in [3.8, 4) is 17.1 Å². The molecule has 1 N–H and O–H groups in total. The summed E-state index contributed by atoms with van der Waals surface area (Å²) in [7, 11) is 1.62. The molecule has 0 bridgehead atoms. The SMILES string of the molecule is COc1cccc(NC(=O)c2nc(-c3ccc(C)cc3)n3c2CCCCC3)c1. The van der Waals surface area contributed by atoms with E-state index in [1.165, 1.54) is 12.0 Å². The maximum atomic E-state index is 13.1. The van der Waals surface area contributed by atoms with Crippen LogP contribution < -0.4 is 10.1 Å². The molecule has 5 heteroatoms. The number of anilines is 1. The van der Waals surface area contributed by atoms with Crippen molar-refractivity contribution in [2.45, 2.75) is 39.2 Å². The standard InChI is InChI=1S/C23H25N3O2/c1-16-10-12-17(13-11-16)22-25-21(20-9-4-3-5-14-26(20)22)23(27)24-18-7-6-8-19(15-18)28-2/h6-8,10-13,15H,3-5,9,14H2,1-2H3,(H,24,27). The molecule has 0 aliphatic carbocycles. The van der Waals surface area contributed by atoms with Crippen LogP contribution in [0.2, 0.25) is 0 Å². The molecule has 144 valence electrons. The van der Waals surface area contributed by atoms with Crippen LogP contribution in [0.5, 0.6) is 5.75 Å². The van der Waals surface area contributed by atoms with Gasteiger partial charge in [0.25, 0.3) is 5.91 Å². The number of nitrogens with one attached hydrogen (secondary N) is 1. The lowest BCUT2D eigenvalue weighted by atomic mass is 10.1. The molecule has 0 spiro atoms. The van der Waals surface area contributed by atoms with Crippen LogP contribution >= 0.6 is 0 Å². The van der Waals surface area contributed by atoms with E-state index in [-0.39, 0.29) is 5.91 Å². The Labute approximate surface area is 165 Å². The lowest BCUT2D eigenvalue weighted by molar-refractivity contribution is 0.102. The summed E-state index contributed by atoms with van der Waals surface area (Å²) < 4.78 is 7.48. The minimum atomic E-state index is -0.169. The molecule has 0 radical (unpaired) electrons. The van der Waals surface area contributed by atoms with Gasteiger partial charge in [-0.25, -0.2) is 4.98 Å². The van der Waals surface area contributed by atoms with Crippen molar-refractivity contribution >= 4 is 11.6 Å². The Hall–Kier alpha value is -3.08. The smallest absolute Gasteiger partial charge is 0.276 e. The summed E-state index contributed by atoms with van der Waals surface area (Å²) in [6.45, 7) is 2.97. The zero-order chi connectivity index (χ0) is 19.5. The predicted molar refractivity (Wildman–Crippen MR) is 111 cm³/mol. The first-order valence-corrected chi connectivity index (χ1v) is 9.77. The van der Waals surface area contributed by atoms with Gasteiger partial charge < -0.3 is 14.6 Å². The Morgan fingerprint density at radius 3 is 2.71 bits per heavy atom. The third-order valence-corrected chi connectivity index (χ3v) is 5.22. The molecule has 1 aliphatic rings. The normalized spacial score (nSPS) is 13.5. The van der Waals surface area contributed by atoms with Crippen molar-refractivity contribution in [3.63, 3.8) is 0 Å². The Morgan fingerprint density at radius 2 is 1.93 bits per heavy atom. The zero-order valence-corrected chi connectivity index (χ0v) is 16.4. The number of aryl methyl sites for hydroxylation is 1. The summed E-state index contributed by atoms with van der Waals surface area (Å²) in [5.74, 6) is 1.42. The van der Waals surface area contributed by atoms with Gasteiger partial charge in [0.05, 0.1) is 12.8 Å². The average molecular weight is 375 g/mol. The molecule has 1 aliphatic heterocycles. The number of imidazole rings is 1. The molecule has 0 fully saturated rings. The lowest BCUT2D eigenvalue weighted by Gasteiger charge is -2.09. The Kier molecular flexibility index (Phi) is 5.15. The molecule has 0 saturated heterocycles. The molecule has 0 saturated carbocycles. The van der Waals surface area contributed by atoms with Gasteiger partial charge in [-0.3, -0.25) is 4.79 Å². The number of benzene rings is 2. The first-order valence-electron chi connectivity index (χ1n) is 9.77. The van der Waals surface area contributed by atoms with Gasteiger partial charge in [0, 0.05) is 23.9 Å². The number of hydrogen-bond acceptors (Lipinski definition) is 3. The number of hydrogen-bond donors (Lipinski definition) is 1. The number of methoxy groups -OCH3 is 1. The van der Waals surface area contributed by atoms with E-state index < -0.39 is 0 Å². The second-order valence-electron chi connectivity index (χ2n) is 7.25. The Balaban J connectivity index is 1.71. The van der Waals surface area contributed by atoms with E-state index in [0.717, 1.165) is 42.9 Å². The van der Waals surface area contributed by atoms with Gasteiger partial charge in [0.1, 0.15) is 17.3 Å². The summed E-state index contributed by atoms with van der Waals surface area (Å²) in [6, 6.07) is 15.7. The maximum Gasteiger partial charge on any atom is 0.276 e. The van der Waals surface area contributed by atoms with E-state index in [0.29, 0.717) is 17.1 Å². The highest BCUT2D eigenvalue weighted by Gasteiger charge is 2.24. The Bertz CT molecular complexity index is 990. The monoisotopic (exact) mass is 375 g/mol. The molecule has 0 atom stereocenters. The largest absolute Gasteiger partial charge is 0.497 e. The van der Waals surface area contributed by atoms with Gasteiger partial charge >= 0.3 is 0 Å². The Morgan fingerprint density at radius 1 is 1.11 bits per heavy atom. The number of ether oxygens (including phenoxy) is 1. The molecule has 28 heavy (non-hydrogen) atoms. The molecule has 1 aromatic heterocycles. The molecular weight excluding hydrogens is 350 g/mol. The highest BCUT2D eigenvalue weighted by Crippen LogP contribution is 2.28. The predicted octanol–water partition coefficient (Wildman–Crippen LogP) is 4.85. The van der Waals surface area contributed by atoms with Crippen LogP contribution in [0, 0.1) is 6.92 Å². The summed E-state index contributed by atoms with van der Waals surface area (Å²) in [6.07, 6.45) is 4.24. The molecule has 2 heterocycles. The van der Waals surface area contributed by atoms with Crippen molar-refractivity contribution in [2.24, 2.45) is 0 Å². The number of fused-ring (bicyclic) bond motifs is 1. The van der Waals surface area contributed by atoms with Crippen LogP contribution in [0.4, 0.5) is 5.69 Å². The minimum absolute atomic E-state index is 0.169. The van der Waals surface area contributed by atoms with Gasteiger partial charge in [-0.1, -0.05) is 42.3 Å². The van der Waals surface area contributed by atoms with E-state index >= 15 is 0 Å². The minimum Gasteiger partial charge on any atom is -0.497 e. The van der Waals surface area contributed by atoms with Crippen LogP contribution in [-0.2, 0) is 13.0 Å². The number of rotatable bonds is 4. The van der Waals surface area contributed by atoms with Gasteiger partial charge in [-0.05, 0) is 38.3 Å². The highest BCUT2D eigenvalue weighted by atomic mass is 16.5. The van der Waals surface area contributed by atoms with Crippen molar-refractivity contribution in [1.82, 2.24) is 9.55 Å². The quantitative estimate of drug-likeness (QED) is 0.709. The van der Waals surface area contributed by atoms with Gasteiger partial charge in [-0.2, -0.15) is 0 Å². The molecule has 1 amide bonds. The van der Waals surface area contributed by atoms with Crippen molar-refractivity contribution in [2.75, 3.05) is 12.4 Å². The van der Waals surface area contributed by atoms with Crippen LogP contribution in [0.3, 0.4) is 0 Å². The van der Waals surface area contributed by atoms with E-state index in [9.17, 15) is 4.79 Å². The summed E-state index contributed by atoms with van der Waals surface area (Å²) in [4.78, 5) is 17.9. The highest BCUT2D eigenvalue weighted by molar-refractivity contribution is 6.04. The van der Waals surface area contributed by atoms with Crippen LogP contribution in [0.15, 0.2) is 48.5 Å². The van der Waals surface area contributed by atoms with E-state index in [4.69, 9.17) is 9.72 Å².